The number of hydrogen-bond acceptors (Lipinski definition) is 3. The van der Waals surface area contributed by atoms with E-state index >= 15 is 0 Å². The molecule has 1 saturated heterocycles. The maximum Gasteiger partial charge on any atom is 0.0552 e. The van der Waals surface area contributed by atoms with Crippen molar-refractivity contribution < 1.29 is 5.11 Å². The fourth-order valence-corrected chi connectivity index (χ4v) is 2.83. The average molecular weight is 276 g/mol. The Bertz CT molecular complexity index is 443. The van der Waals surface area contributed by atoms with Crippen LogP contribution in [0.1, 0.15) is 38.8 Å². The first-order valence-corrected chi connectivity index (χ1v) is 7.65. The van der Waals surface area contributed by atoms with Crippen LogP contribution in [0.4, 0.5) is 5.69 Å². The molecule has 0 spiro atoms. The van der Waals surface area contributed by atoms with Crippen molar-refractivity contribution >= 4 is 5.69 Å². The van der Waals surface area contributed by atoms with Gasteiger partial charge in [-0.05, 0) is 36.0 Å². The Labute approximate surface area is 123 Å². The van der Waals surface area contributed by atoms with Crippen LogP contribution in [0.25, 0.3) is 0 Å². The van der Waals surface area contributed by atoms with Crippen molar-refractivity contribution in [2.24, 2.45) is 0 Å². The van der Waals surface area contributed by atoms with Gasteiger partial charge in [-0.1, -0.05) is 32.9 Å². The molecule has 1 aliphatic rings. The number of anilines is 1. The van der Waals surface area contributed by atoms with Gasteiger partial charge in [0.1, 0.15) is 0 Å². The molecule has 2 rings (SSSR count). The third kappa shape index (κ3) is 3.74. The highest BCUT2D eigenvalue weighted by molar-refractivity contribution is 5.58. The summed E-state index contributed by atoms with van der Waals surface area (Å²) in [5.41, 5.74) is 4.09. The first-order valence-electron chi connectivity index (χ1n) is 7.65. The maximum atomic E-state index is 9.60. The van der Waals surface area contributed by atoms with Crippen molar-refractivity contribution in [3.05, 3.63) is 29.3 Å². The lowest BCUT2D eigenvalue weighted by molar-refractivity contribution is 0.195. The second kappa shape index (κ2) is 6.15. The van der Waals surface area contributed by atoms with Gasteiger partial charge in [-0.2, -0.15) is 0 Å². The van der Waals surface area contributed by atoms with Crippen molar-refractivity contribution in [2.75, 3.05) is 31.1 Å². The molecule has 1 fully saturated rings. The number of aliphatic hydroxyl groups is 1. The van der Waals surface area contributed by atoms with Crippen LogP contribution in [-0.2, 0) is 11.8 Å². The zero-order chi connectivity index (χ0) is 14.8. The van der Waals surface area contributed by atoms with Crippen molar-refractivity contribution in [3.63, 3.8) is 0 Å². The predicted molar refractivity (Wildman–Crippen MR) is 85.6 cm³/mol. The fourth-order valence-electron chi connectivity index (χ4n) is 2.83. The van der Waals surface area contributed by atoms with Crippen LogP contribution < -0.4 is 10.2 Å². The summed E-state index contributed by atoms with van der Waals surface area (Å²) in [6.45, 7) is 12.9. The Hall–Kier alpha value is -1.06. The van der Waals surface area contributed by atoms with Crippen LogP contribution in [0, 0.1) is 0 Å². The maximum absolute atomic E-state index is 9.60. The lowest BCUT2D eigenvalue weighted by Gasteiger charge is -2.34. The number of hydrogen-bond donors (Lipinski definition) is 2. The Morgan fingerprint density at radius 3 is 2.45 bits per heavy atom. The highest BCUT2D eigenvalue weighted by atomic mass is 16.3. The zero-order valence-corrected chi connectivity index (χ0v) is 13.2. The summed E-state index contributed by atoms with van der Waals surface area (Å²) in [6, 6.07) is 6.69. The molecule has 1 aliphatic heterocycles. The van der Waals surface area contributed by atoms with Gasteiger partial charge in [0.05, 0.1) is 6.10 Å². The average Bonchev–Trinajstić information content (AvgIpc) is 2.38. The highest BCUT2D eigenvalue weighted by Gasteiger charge is 2.22. The summed E-state index contributed by atoms with van der Waals surface area (Å²) < 4.78 is 0. The van der Waals surface area contributed by atoms with Crippen molar-refractivity contribution in [2.45, 2.75) is 45.6 Å². The van der Waals surface area contributed by atoms with Gasteiger partial charge >= 0.3 is 0 Å². The van der Waals surface area contributed by atoms with Crippen LogP contribution in [0.5, 0.6) is 0 Å². The van der Waals surface area contributed by atoms with Crippen LogP contribution >= 0.6 is 0 Å². The van der Waals surface area contributed by atoms with Gasteiger partial charge in [0.25, 0.3) is 0 Å². The molecule has 3 heteroatoms. The van der Waals surface area contributed by atoms with E-state index in [-0.39, 0.29) is 11.5 Å². The van der Waals surface area contributed by atoms with E-state index < -0.39 is 0 Å². The van der Waals surface area contributed by atoms with Crippen LogP contribution in [-0.4, -0.2) is 37.4 Å². The number of nitrogens with zero attached hydrogens (tertiary/aromatic N) is 1. The molecule has 1 aromatic rings. The molecule has 1 atom stereocenters. The Morgan fingerprint density at radius 2 is 1.90 bits per heavy atom. The molecule has 112 valence electrons. The van der Waals surface area contributed by atoms with Crippen molar-refractivity contribution in [3.8, 4) is 0 Å². The van der Waals surface area contributed by atoms with Gasteiger partial charge in [-0.3, -0.25) is 0 Å². The van der Waals surface area contributed by atoms with Gasteiger partial charge in [0, 0.05) is 31.9 Å². The van der Waals surface area contributed by atoms with Gasteiger partial charge in [-0.25, -0.2) is 0 Å². The number of benzene rings is 1. The summed E-state index contributed by atoms with van der Waals surface area (Å²) in [5, 5.41) is 13.0. The number of rotatable bonds is 3. The molecule has 2 N–H and O–H groups in total. The quantitative estimate of drug-likeness (QED) is 0.889. The van der Waals surface area contributed by atoms with E-state index in [1.807, 2.05) is 6.92 Å². The molecule has 20 heavy (non-hydrogen) atoms. The topological polar surface area (TPSA) is 35.5 Å². The Morgan fingerprint density at radius 1 is 1.25 bits per heavy atom. The second-order valence-corrected chi connectivity index (χ2v) is 6.89. The van der Waals surface area contributed by atoms with Crippen molar-refractivity contribution in [1.29, 1.82) is 0 Å². The summed E-state index contributed by atoms with van der Waals surface area (Å²) in [4.78, 5) is 2.48. The molecule has 0 aromatic heterocycles. The Balaban J connectivity index is 2.34. The third-order valence-electron chi connectivity index (χ3n) is 3.86. The van der Waals surface area contributed by atoms with Gasteiger partial charge < -0.3 is 15.3 Å². The molecule has 1 heterocycles. The van der Waals surface area contributed by atoms with Crippen LogP contribution in [0.3, 0.4) is 0 Å². The number of piperazine rings is 1. The monoisotopic (exact) mass is 276 g/mol. The molecular weight excluding hydrogens is 248 g/mol. The summed E-state index contributed by atoms with van der Waals surface area (Å²) in [6.07, 6.45) is 0.443. The molecule has 3 nitrogen and oxygen atoms in total. The second-order valence-electron chi connectivity index (χ2n) is 6.89. The molecule has 1 unspecified atom stereocenters. The summed E-state index contributed by atoms with van der Waals surface area (Å²) >= 11 is 0. The summed E-state index contributed by atoms with van der Waals surface area (Å²) in [7, 11) is 0. The minimum absolute atomic E-state index is 0.120. The van der Waals surface area contributed by atoms with Gasteiger partial charge in [0.2, 0.25) is 0 Å². The molecule has 0 amide bonds. The van der Waals surface area contributed by atoms with E-state index in [1.54, 1.807) is 0 Å². The molecule has 1 aromatic carbocycles. The van der Waals surface area contributed by atoms with E-state index in [4.69, 9.17) is 0 Å². The normalized spacial score (nSPS) is 18.1. The molecule has 0 bridgehead atoms. The lowest BCUT2D eigenvalue weighted by Crippen LogP contribution is -2.44. The predicted octanol–water partition coefficient (Wildman–Crippen LogP) is 2.32. The van der Waals surface area contributed by atoms with E-state index in [0.29, 0.717) is 0 Å². The Kier molecular flexibility index (Phi) is 4.71. The molecule has 0 radical (unpaired) electrons. The number of aliphatic hydroxyl groups excluding tert-OH is 1. The first-order chi connectivity index (χ1) is 9.38. The zero-order valence-electron chi connectivity index (χ0n) is 13.2. The molecule has 0 aliphatic carbocycles. The molecule has 0 saturated carbocycles. The lowest BCUT2D eigenvalue weighted by atomic mass is 9.84. The van der Waals surface area contributed by atoms with E-state index in [1.165, 1.54) is 16.8 Å². The van der Waals surface area contributed by atoms with E-state index in [2.05, 4.69) is 49.2 Å². The minimum atomic E-state index is -0.284. The minimum Gasteiger partial charge on any atom is -0.393 e. The largest absolute Gasteiger partial charge is 0.393 e. The van der Waals surface area contributed by atoms with Crippen LogP contribution in [0.2, 0.25) is 0 Å². The standard InChI is InChI=1S/C17H28N2O/c1-13(20)11-14-5-6-16(15(12-14)17(2,3)4)19-9-7-18-8-10-19/h5-6,12-13,18,20H,7-11H2,1-4H3. The van der Waals surface area contributed by atoms with Crippen LogP contribution in [0.15, 0.2) is 18.2 Å². The van der Waals surface area contributed by atoms with Gasteiger partial charge in [-0.15, -0.1) is 0 Å². The molecular formula is C17H28N2O. The highest BCUT2D eigenvalue weighted by Crippen LogP contribution is 2.33. The van der Waals surface area contributed by atoms with Crippen molar-refractivity contribution in [1.82, 2.24) is 5.32 Å². The summed E-state index contributed by atoms with van der Waals surface area (Å²) in [5.74, 6) is 0. The smallest absolute Gasteiger partial charge is 0.0552 e. The number of nitrogens with one attached hydrogen (secondary N) is 1. The van der Waals surface area contributed by atoms with E-state index in [0.717, 1.165) is 32.6 Å². The SMILES string of the molecule is CC(O)Cc1ccc(N2CCNCC2)c(C(C)(C)C)c1. The fraction of sp³-hybridized carbons (Fsp3) is 0.647. The first kappa shape index (κ1) is 15.3. The van der Waals surface area contributed by atoms with Gasteiger partial charge in [0.15, 0.2) is 0 Å². The third-order valence-corrected chi connectivity index (χ3v) is 3.86. The van der Waals surface area contributed by atoms with E-state index in [9.17, 15) is 5.11 Å².